The molecule has 1 aliphatic rings. The average Bonchev–Trinajstić information content (AvgIpc) is 3.09. The highest BCUT2D eigenvalue weighted by Crippen LogP contribution is 2.23. The van der Waals surface area contributed by atoms with Crippen molar-refractivity contribution >= 4 is 17.2 Å². The van der Waals surface area contributed by atoms with E-state index in [4.69, 9.17) is 0 Å². The molecule has 3 rings (SSSR count). The van der Waals surface area contributed by atoms with Crippen LogP contribution in [0.2, 0.25) is 0 Å². The van der Waals surface area contributed by atoms with Crippen molar-refractivity contribution in [2.24, 2.45) is 0 Å². The largest absolute Gasteiger partial charge is 0.336 e. The molecule has 1 saturated heterocycles. The van der Waals surface area contributed by atoms with E-state index >= 15 is 0 Å². The van der Waals surface area contributed by atoms with Crippen LogP contribution in [0.1, 0.15) is 27.8 Å². The molecule has 1 fully saturated rings. The van der Waals surface area contributed by atoms with Gasteiger partial charge in [0, 0.05) is 13.1 Å². The van der Waals surface area contributed by atoms with E-state index in [2.05, 4.69) is 15.2 Å². The Morgan fingerprint density at radius 1 is 1.44 bits per heavy atom. The number of thiazole rings is 1. The van der Waals surface area contributed by atoms with Crippen molar-refractivity contribution in [3.8, 4) is 0 Å². The zero-order valence-electron chi connectivity index (χ0n) is 9.98. The van der Waals surface area contributed by atoms with Crippen LogP contribution in [-0.2, 0) is 0 Å². The van der Waals surface area contributed by atoms with Crippen molar-refractivity contribution in [2.45, 2.75) is 19.4 Å². The molecule has 0 radical (unpaired) electrons. The fourth-order valence-electron chi connectivity index (χ4n) is 2.18. The van der Waals surface area contributed by atoms with Crippen molar-refractivity contribution in [3.05, 3.63) is 28.5 Å². The normalized spacial score (nSPS) is 19.4. The minimum Gasteiger partial charge on any atom is -0.336 e. The minimum absolute atomic E-state index is 0.0738. The van der Waals surface area contributed by atoms with E-state index in [1.807, 2.05) is 11.8 Å². The molecule has 6 nitrogen and oxygen atoms in total. The van der Waals surface area contributed by atoms with Crippen LogP contribution in [0.3, 0.4) is 0 Å². The number of aryl methyl sites for hydroxylation is 1. The lowest BCUT2D eigenvalue weighted by Gasteiger charge is -2.15. The van der Waals surface area contributed by atoms with Crippen molar-refractivity contribution in [1.29, 1.82) is 0 Å². The van der Waals surface area contributed by atoms with Gasteiger partial charge < -0.3 is 4.90 Å². The van der Waals surface area contributed by atoms with E-state index < -0.39 is 0 Å². The van der Waals surface area contributed by atoms with Gasteiger partial charge in [0.25, 0.3) is 5.91 Å². The van der Waals surface area contributed by atoms with E-state index in [9.17, 15) is 4.79 Å². The van der Waals surface area contributed by atoms with Crippen molar-refractivity contribution in [2.75, 3.05) is 13.1 Å². The number of nitrogens with zero attached hydrogens (tertiary/aromatic N) is 5. The molecule has 1 aliphatic heterocycles. The maximum atomic E-state index is 12.3. The number of aromatic nitrogens is 4. The summed E-state index contributed by atoms with van der Waals surface area (Å²) in [5.41, 5.74) is 2.52. The third kappa shape index (κ3) is 1.90. The van der Waals surface area contributed by atoms with Crippen molar-refractivity contribution < 1.29 is 4.79 Å². The predicted octanol–water partition coefficient (Wildman–Crippen LogP) is 1.13. The van der Waals surface area contributed by atoms with Gasteiger partial charge in [0.2, 0.25) is 0 Å². The maximum Gasteiger partial charge on any atom is 0.265 e. The van der Waals surface area contributed by atoms with Gasteiger partial charge in [-0.3, -0.25) is 4.79 Å². The zero-order valence-corrected chi connectivity index (χ0v) is 10.8. The smallest absolute Gasteiger partial charge is 0.265 e. The Balaban J connectivity index is 1.73. The Hall–Kier alpha value is -1.76. The van der Waals surface area contributed by atoms with Crippen LogP contribution >= 0.6 is 11.3 Å². The summed E-state index contributed by atoms with van der Waals surface area (Å²) in [4.78, 5) is 20.7. The van der Waals surface area contributed by atoms with Crippen LogP contribution < -0.4 is 0 Å². The summed E-state index contributed by atoms with van der Waals surface area (Å²) in [6.07, 6.45) is 4.23. The zero-order chi connectivity index (χ0) is 12.5. The second-order valence-corrected chi connectivity index (χ2v) is 5.16. The van der Waals surface area contributed by atoms with Crippen molar-refractivity contribution in [3.63, 3.8) is 0 Å². The summed E-state index contributed by atoms with van der Waals surface area (Å²) in [5.74, 6) is 0.0738. The van der Waals surface area contributed by atoms with Crippen molar-refractivity contribution in [1.82, 2.24) is 24.9 Å². The summed E-state index contributed by atoms with van der Waals surface area (Å²) < 4.78 is 0. The van der Waals surface area contributed by atoms with Gasteiger partial charge in [-0.15, -0.1) is 11.3 Å². The molecule has 7 heteroatoms. The molecule has 2 aromatic heterocycles. The summed E-state index contributed by atoms with van der Waals surface area (Å²) in [5, 5.41) is 8.26. The van der Waals surface area contributed by atoms with Crippen LogP contribution in [-0.4, -0.2) is 43.9 Å². The Morgan fingerprint density at radius 3 is 2.89 bits per heavy atom. The van der Waals surface area contributed by atoms with Crippen LogP contribution in [0.4, 0.5) is 0 Å². The monoisotopic (exact) mass is 263 g/mol. The predicted molar refractivity (Wildman–Crippen MR) is 66.4 cm³/mol. The lowest BCUT2D eigenvalue weighted by Crippen LogP contribution is -2.29. The number of hydrogen-bond acceptors (Lipinski definition) is 5. The average molecular weight is 263 g/mol. The molecule has 1 unspecified atom stereocenters. The first kappa shape index (κ1) is 11.3. The van der Waals surface area contributed by atoms with E-state index in [1.54, 1.807) is 22.7 Å². The van der Waals surface area contributed by atoms with Gasteiger partial charge in [-0.05, 0) is 13.3 Å². The second-order valence-electron chi connectivity index (χ2n) is 4.31. The molecule has 3 heterocycles. The molecule has 0 N–H and O–H groups in total. The summed E-state index contributed by atoms with van der Waals surface area (Å²) >= 11 is 1.40. The molecule has 1 amide bonds. The molecule has 0 bridgehead atoms. The summed E-state index contributed by atoms with van der Waals surface area (Å²) in [7, 11) is 0. The molecule has 0 aromatic carbocycles. The number of rotatable bonds is 2. The Morgan fingerprint density at radius 2 is 2.22 bits per heavy atom. The molecule has 18 heavy (non-hydrogen) atoms. The molecule has 0 aliphatic carbocycles. The highest BCUT2D eigenvalue weighted by atomic mass is 32.1. The number of hydrogen-bond donors (Lipinski definition) is 0. The highest BCUT2D eigenvalue weighted by Gasteiger charge is 2.30. The number of carbonyl (C=O) groups is 1. The lowest BCUT2D eigenvalue weighted by molar-refractivity contribution is 0.0790. The Kier molecular flexibility index (Phi) is 2.83. The second kappa shape index (κ2) is 4.49. The third-order valence-electron chi connectivity index (χ3n) is 3.15. The van der Waals surface area contributed by atoms with Gasteiger partial charge >= 0.3 is 0 Å². The lowest BCUT2D eigenvalue weighted by atomic mass is 10.3. The quantitative estimate of drug-likeness (QED) is 0.814. The summed E-state index contributed by atoms with van der Waals surface area (Å²) in [6.45, 7) is 3.29. The van der Waals surface area contributed by atoms with Gasteiger partial charge in [0.05, 0.1) is 29.6 Å². The topological polar surface area (TPSA) is 63.9 Å². The molecular formula is C11H13N5OS. The van der Waals surface area contributed by atoms with Gasteiger partial charge in [-0.25, -0.2) is 4.98 Å². The van der Waals surface area contributed by atoms with Gasteiger partial charge in [0.1, 0.15) is 4.88 Å². The molecule has 1 atom stereocenters. The first-order valence-corrected chi connectivity index (χ1v) is 6.69. The molecule has 0 saturated carbocycles. The fraction of sp³-hybridized carbons (Fsp3) is 0.455. The Labute approximate surface area is 108 Å². The van der Waals surface area contributed by atoms with Crippen LogP contribution in [0, 0.1) is 6.92 Å². The van der Waals surface area contributed by atoms with Gasteiger partial charge in [-0.1, -0.05) is 0 Å². The number of amides is 1. The van der Waals surface area contributed by atoms with E-state index in [1.165, 1.54) is 11.3 Å². The molecule has 0 spiro atoms. The minimum atomic E-state index is 0.0738. The standard InChI is InChI=1S/C11H13N5OS/c1-8-10(18-7-12-8)11(17)15-5-2-9(6-15)16-13-3-4-14-16/h3-4,7,9H,2,5-6H2,1H3. The number of likely N-dealkylation sites (tertiary alicyclic amines) is 1. The first-order chi connectivity index (χ1) is 8.75. The highest BCUT2D eigenvalue weighted by molar-refractivity contribution is 7.11. The molecular weight excluding hydrogens is 250 g/mol. The number of carbonyl (C=O) groups excluding carboxylic acids is 1. The maximum absolute atomic E-state index is 12.3. The summed E-state index contributed by atoms with van der Waals surface area (Å²) in [6, 6.07) is 0.192. The SMILES string of the molecule is Cc1ncsc1C(=O)N1CCC(n2nccn2)C1. The van der Waals surface area contributed by atoms with Crippen LogP contribution in [0.15, 0.2) is 17.9 Å². The molecule has 2 aromatic rings. The first-order valence-electron chi connectivity index (χ1n) is 5.81. The van der Waals surface area contributed by atoms with Crippen LogP contribution in [0.5, 0.6) is 0 Å². The van der Waals surface area contributed by atoms with Crippen LogP contribution in [0.25, 0.3) is 0 Å². The Bertz CT molecular complexity index is 550. The molecule has 94 valence electrons. The van der Waals surface area contributed by atoms with E-state index in [0.717, 1.165) is 23.5 Å². The van der Waals surface area contributed by atoms with Gasteiger partial charge in [0.15, 0.2) is 0 Å². The van der Waals surface area contributed by atoms with E-state index in [-0.39, 0.29) is 11.9 Å². The third-order valence-corrected chi connectivity index (χ3v) is 4.07. The van der Waals surface area contributed by atoms with Gasteiger partial charge in [-0.2, -0.15) is 15.0 Å². The fourth-order valence-corrected chi connectivity index (χ4v) is 2.95. The van der Waals surface area contributed by atoms with E-state index in [0.29, 0.717) is 6.54 Å².